The molecule has 5 nitrogen and oxygen atoms in total. The van der Waals surface area contributed by atoms with Crippen LogP contribution in [0.3, 0.4) is 0 Å². The number of carbonyl (C=O) groups is 1. The van der Waals surface area contributed by atoms with Crippen LogP contribution in [0, 0.1) is 5.92 Å². The zero-order chi connectivity index (χ0) is 24.5. The third-order valence-corrected chi connectivity index (χ3v) is 9.90. The average molecular weight is 552 g/mol. The summed E-state index contributed by atoms with van der Waals surface area (Å²) in [4.78, 5) is 24.3. The van der Waals surface area contributed by atoms with Crippen LogP contribution in [0.5, 0.6) is 0 Å². The van der Waals surface area contributed by atoms with E-state index in [0.29, 0.717) is 17.9 Å². The van der Waals surface area contributed by atoms with Crippen LogP contribution in [0.4, 0.5) is 0 Å². The Balaban J connectivity index is 1.28. The zero-order valence-electron chi connectivity index (χ0n) is 21.3. The number of amides is 1. The van der Waals surface area contributed by atoms with Crippen molar-refractivity contribution in [2.24, 2.45) is 5.92 Å². The fourth-order valence-corrected chi connectivity index (χ4v) is 7.98. The molecular formula is C30H39BrN4O. The molecule has 1 amide bonds. The fourth-order valence-electron chi connectivity index (χ4n) is 7.63. The number of hydrogen-bond acceptors (Lipinski definition) is 4. The minimum atomic E-state index is -0.121. The summed E-state index contributed by atoms with van der Waals surface area (Å²) in [5.74, 6) is 0.915. The largest absolute Gasteiger partial charge is 0.338 e. The minimum Gasteiger partial charge on any atom is -0.338 e. The molecule has 2 aromatic rings. The number of aryl methyl sites for hydroxylation is 1. The average Bonchev–Trinajstić information content (AvgIpc) is 3.33. The van der Waals surface area contributed by atoms with E-state index >= 15 is 0 Å². The van der Waals surface area contributed by atoms with Crippen molar-refractivity contribution in [3.05, 3.63) is 63.9 Å². The molecule has 0 unspecified atom stereocenters. The van der Waals surface area contributed by atoms with Crippen molar-refractivity contribution in [3.8, 4) is 0 Å². The molecular weight excluding hydrogens is 512 g/mol. The molecule has 192 valence electrons. The number of halogens is 1. The summed E-state index contributed by atoms with van der Waals surface area (Å²) in [6, 6.07) is 15.6. The molecule has 0 radical (unpaired) electrons. The SMILES string of the molecule is O=C([C@@H]1CNC[C@]12CCCc1nc(Br)ccc12)N1CC[C@@H](c2ccccc2)C[C@H]1CN1CCCCC1. The molecule has 0 bridgehead atoms. The van der Waals surface area contributed by atoms with Crippen LogP contribution in [0.2, 0.25) is 0 Å². The van der Waals surface area contributed by atoms with E-state index in [1.165, 1.54) is 49.2 Å². The third kappa shape index (κ3) is 4.65. The molecule has 0 saturated carbocycles. The van der Waals surface area contributed by atoms with E-state index in [0.717, 1.165) is 62.9 Å². The minimum absolute atomic E-state index is 0.00310. The maximum atomic E-state index is 14.5. The molecule has 36 heavy (non-hydrogen) atoms. The van der Waals surface area contributed by atoms with Gasteiger partial charge < -0.3 is 15.1 Å². The fraction of sp³-hybridized carbons (Fsp3) is 0.600. The lowest BCUT2D eigenvalue weighted by molar-refractivity contribution is -0.141. The van der Waals surface area contributed by atoms with Gasteiger partial charge in [-0.2, -0.15) is 0 Å². The van der Waals surface area contributed by atoms with Crippen LogP contribution >= 0.6 is 15.9 Å². The zero-order valence-corrected chi connectivity index (χ0v) is 22.9. The number of aromatic nitrogens is 1. The number of fused-ring (bicyclic) bond motifs is 2. The van der Waals surface area contributed by atoms with E-state index < -0.39 is 0 Å². The lowest BCUT2D eigenvalue weighted by Crippen LogP contribution is -2.56. The predicted octanol–water partition coefficient (Wildman–Crippen LogP) is 4.90. The summed E-state index contributed by atoms with van der Waals surface area (Å²) in [5.41, 5.74) is 3.81. The van der Waals surface area contributed by atoms with Gasteiger partial charge in [-0.15, -0.1) is 0 Å². The first-order chi connectivity index (χ1) is 17.6. The number of carbonyl (C=O) groups excluding carboxylic acids is 1. The Kier molecular flexibility index (Phi) is 7.20. The number of nitrogens with one attached hydrogen (secondary N) is 1. The molecule has 6 heteroatoms. The van der Waals surface area contributed by atoms with Crippen molar-refractivity contribution in [2.75, 3.05) is 39.3 Å². The second-order valence-electron chi connectivity index (χ2n) is 11.5. The van der Waals surface area contributed by atoms with Crippen LogP contribution in [-0.4, -0.2) is 66.0 Å². The van der Waals surface area contributed by atoms with Crippen LogP contribution in [0.15, 0.2) is 47.1 Å². The Bertz CT molecular complexity index is 1070. The van der Waals surface area contributed by atoms with Crippen molar-refractivity contribution >= 4 is 21.8 Å². The molecule has 1 aromatic heterocycles. The third-order valence-electron chi connectivity index (χ3n) is 9.45. The van der Waals surface area contributed by atoms with Gasteiger partial charge in [-0.1, -0.05) is 42.8 Å². The van der Waals surface area contributed by atoms with E-state index in [1.54, 1.807) is 0 Å². The van der Waals surface area contributed by atoms with Gasteiger partial charge in [0.25, 0.3) is 0 Å². The van der Waals surface area contributed by atoms with Crippen LogP contribution in [0.1, 0.15) is 67.7 Å². The van der Waals surface area contributed by atoms with Gasteiger partial charge in [-0.05, 0) is 97.1 Å². The van der Waals surface area contributed by atoms with Gasteiger partial charge in [-0.3, -0.25) is 4.79 Å². The normalized spacial score (nSPS) is 30.9. The summed E-state index contributed by atoms with van der Waals surface area (Å²) < 4.78 is 0.900. The number of nitrogens with zero attached hydrogens (tertiary/aromatic N) is 3. The van der Waals surface area contributed by atoms with E-state index in [1.807, 2.05) is 0 Å². The Labute approximate surface area is 224 Å². The molecule has 1 N–H and O–H groups in total. The predicted molar refractivity (Wildman–Crippen MR) is 147 cm³/mol. The van der Waals surface area contributed by atoms with Gasteiger partial charge in [0.15, 0.2) is 0 Å². The number of pyridine rings is 1. The Morgan fingerprint density at radius 1 is 1.06 bits per heavy atom. The van der Waals surface area contributed by atoms with Gasteiger partial charge in [0.2, 0.25) is 5.91 Å². The van der Waals surface area contributed by atoms with Crippen molar-refractivity contribution in [2.45, 2.75) is 68.7 Å². The molecule has 3 fully saturated rings. The van der Waals surface area contributed by atoms with Crippen LogP contribution in [-0.2, 0) is 16.6 Å². The number of rotatable bonds is 4. The smallest absolute Gasteiger partial charge is 0.228 e. The quantitative estimate of drug-likeness (QED) is 0.550. The van der Waals surface area contributed by atoms with Crippen LogP contribution < -0.4 is 5.32 Å². The molecule has 3 saturated heterocycles. The molecule has 4 heterocycles. The summed E-state index contributed by atoms with van der Waals surface area (Å²) >= 11 is 3.57. The lowest BCUT2D eigenvalue weighted by Gasteiger charge is -2.46. The maximum Gasteiger partial charge on any atom is 0.228 e. The van der Waals surface area contributed by atoms with Crippen molar-refractivity contribution in [1.82, 2.24) is 20.1 Å². The summed E-state index contributed by atoms with van der Waals surface area (Å²) in [6.45, 7) is 5.91. The van der Waals surface area contributed by atoms with Crippen molar-refractivity contribution in [3.63, 3.8) is 0 Å². The number of likely N-dealkylation sites (tertiary alicyclic amines) is 2. The highest BCUT2D eigenvalue weighted by molar-refractivity contribution is 9.10. The number of benzene rings is 1. The molecule has 3 aliphatic heterocycles. The second kappa shape index (κ2) is 10.5. The highest BCUT2D eigenvalue weighted by atomic mass is 79.9. The number of hydrogen-bond donors (Lipinski definition) is 1. The van der Waals surface area contributed by atoms with Gasteiger partial charge in [0.05, 0.1) is 5.92 Å². The van der Waals surface area contributed by atoms with E-state index in [4.69, 9.17) is 4.98 Å². The van der Waals surface area contributed by atoms with Gasteiger partial charge >= 0.3 is 0 Å². The number of piperidine rings is 2. The Morgan fingerprint density at radius 2 is 1.89 bits per heavy atom. The summed E-state index contributed by atoms with van der Waals surface area (Å²) in [7, 11) is 0. The van der Waals surface area contributed by atoms with Gasteiger partial charge in [0, 0.05) is 43.3 Å². The molecule has 6 rings (SSSR count). The second-order valence-corrected chi connectivity index (χ2v) is 12.3. The van der Waals surface area contributed by atoms with E-state index in [2.05, 4.69) is 73.5 Å². The molecule has 1 spiro atoms. The molecule has 4 atom stereocenters. The molecule has 4 aliphatic rings. The first-order valence-electron chi connectivity index (χ1n) is 14.1. The monoisotopic (exact) mass is 550 g/mol. The highest BCUT2D eigenvalue weighted by Crippen LogP contribution is 2.46. The first kappa shape index (κ1) is 24.6. The summed E-state index contributed by atoms with van der Waals surface area (Å²) in [5, 5.41) is 3.64. The van der Waals surface area contributed by atoms with Gasteiger partial charge in [0.1, 0.15) is 4.60 Å². The van der Waals surface area contributed by atoms with Crippen LogP contribution in [0.25, 0.3) is 0 Å². The highest BCUT2D eigenvalue weighted by Gasteiger charge is 2.52. The first-order valence-corrected chi connectivity index (χ1v) is 14.9. The Morgan fingerprint density at radius 3 is 2.72 bits per heavy atom. The van der Waals surface area contributed by atoms with E-state index in [9.17, 15) is 4.79 Å². The van der Waals surface area contributed by atoms with Gasteiger partial charge in [-0.25, -0.2) is 4.98 Å². The molecule has 1 aromatic carbocycles. The topological polar surface area (TPSA) is 48.5 Å². The Hall–Kier alpha value is -1.76. The standard InChI is InChI=1S/C30H39BrN4O/c31-28-12-11-25-27(33-28)10-7-14-30(25)21-32-19-26(30)29(36)35-17-13-23(22-8-3-1-4-9-22)18-24(35)20-34-15-5-2-6-16-34/h1,3-4,8-9,11-12,23-24,26,32H,2,5-7,10,13-21H2/t23-,24+,26+,30+/m1/s1. The van der Waals surface area contributed by atoms with E-state index in [-0.39, 0.29) is 11.3 Å². The van der Waals surface area contributed by atoms with Crippen molar-refractivity contribution in [1.29, 1.82) is 0 Å². The summed E-state index contributed by atoms with van der Waals surface area (Å²) in [6.07, 6.45) is 9.25. The van der Waals surface area contributed by atoms with Crippen molar-refractivity contribution < 1.29 is 4.79 Å². The lowest BCUT2D eigenvalue weighted by atomic mass is 9.65. The maximum absolute atomic E-state index is 14.5. The molecule has 1 aliphatic carbocycles.